The Balaban J connectivity index is 1.49. The van der Waals surface area contributed by atoms with E-state index >= 15 is 0 Å². The molecule has 4 rings (SSSR count). The third-order valence-electron chi connectivity index (χ3n) is 4.53. The summed E-state index contributed by atoms with van der Waals surface area (Å²) in [5.41, 5.74) is 2.42. The number of nitrogens with two attached hydrogens (primary N) is 1. The zero-order valence-corrected chi connectivity index (χ0v) is 15.8. The highest BCUT2D eigenvalue weighted by Crippen LogP contribution is 2.24. The fourth-order valence-corrected chi connectivity index (χ4v) is 3.87. The van der Waals surface area contributed by atoms with Crippen molar-refractivity contribution in [3.05, 3.63) is 89.2 Å². The van der Waals surface area contributed by atoms with Gasteiger partial charge in [-0.1, -0.05) is 66.4 Å². The van der Waals surface area contributed by atoms with Gasteiger partial charge in [0.25, 0.3) is 0 Å². The molecule has 6 nitrogen and oxygen atoms in total. The molecule has 28 heavy (non-hydrogen) atoms. The first-order valence-electron chi connectivity index (χ1n) is 8.73. The largest absolute Gasteiger partial charge is 0.478 e. The van der Waals surface area contributed by atoms with Crippen LogP contribution in [0.4, 0.5) is 0 Å². The van der Waals surface area contributed by atoms with Crippen molar-refractivity contribution >= 4 is 28.5 Å². The van der Waals surface area contributed by atoms with Crippen LogP contribution in [0.3, 0.4) is 0 Å². The van der Waals surface area contributed by atoms with Crippen molar-refractivity contribution in [2.75, 3.05) is 5.84 Å². The van der Waals surface area contributed by atoms with Crippen LogP contribution in [0.1, 0.15) is 27.3 Å². The molecule has 3 N–H and O–H groups in total. The number of carbonyl (C=O) groups is 1. The van der Waals surface area contributed by atoms with Gasteiger partial charge in [-0.05, 0) is 34.0 Å². The van der Waals surface area contributed by atoms with E-state index in [2.05, 4.69) is 34.5 Å². The molecule has 4 aromatic rings. The number of nitrogen functional groups attached to an aromatic ring is 1. The Hall–Kier alpha value is -3.32. The number of rotatable bonds is 6. The highest BCUT2D eigenvalue weighted by Gasteiger charge is 2.12. The van der Waals surface area contributed by atoms with E-state index in [-0.39, 0.29) is 5.56 Å². The van der Waals surface area contributed by atoms with Gasteiger partial charge in [0, 0.05) is 12.2 Å². The van der Waals surface area contributed by atoms with E-state index in [0.29, 0.717) is 23.2 Å². The van der Waals surface area contributed by atoms with E-state index in [9.17, 15) is 4.79 Å². The molecule has 0 saturated heterocycles. The summed E-state index contributed by atoms with van der Waals surface area (Å²) in [5, 5.41) is 20.4. The summed E-state index contributed by atoms with van der Waals surface area (Å²) in [7, 11) is 0. The molecule has 0 spiro atoms. The molecule has 3 aromatic carbocycles. The maximum atomic E-state index is 10.9. The minimum Gasteiger partial charge on any atom is -0.478 e. The van der Waals surface area contributed by atoms with Crippen molar-refractivity contribution in [1.82, 2.24) is 14.9 Å². The fraction of sp³-hybridized carbons (Fsp3) is 0.0952. The van der Waals surface area contributed by atoms with Gasteiger partial charge in [-0.3, -0.25) is 0 Å². The Morgan fingerprint density at radius 1 is 1.00 bits per heavy atom. The third-order valence-corrected chi connectivity index (χ3v) is 5.55. The summed E-state index contributed by atoms with van der Waals surface area (Å²) in [6.45, 7) is 0. The van der Waals surface area contributed by atoms with E-state index in [0.717, 1.165) is 11.1 Å². The smallest absolute Gasteiger partial charge is 0.335 e. The van der Waals surface area contributed by atoms with E-state index in [4.69, 9.17) is 10.9 Å². The van der Waals surface area contributed by atoms with E-state index in [1.807, 2.05) is 18.2 Å². The van der Waals surface area contributed by atoms with Crippen molar-refractivity contribution in [2.24, 2.45) is 0 Å². The lowest BCUT2D eigenvalue weighted by atomic mass is 10.0. The predicted molar refractivity (Wildman–Crippen MR) is 110 cm³/mol. The van der Waals surface area contributed by atoms with Gasteiger partial charge in [-0.2, -0.15) is 0 Å². The Bertz CT molecular complexity index is 1130. The number of carboxylic acids is 1. The van der Waals surface area contributed by atoms with Crippen molar-refractivity contribution in [3.8, 4) is 0 Å². The summed E-state index contributed by atoms with van der Waals surface area (Å²) < 4.78 is 1.53. The summed E-state index contributed by atoms with van der Waals surface area (Å²) in [6.07, 6.45) is 0.596. The molecule has 0 aliphatic heterocycles. The minimum atomic E-state index is -0.931. The number of hydrogen-bond acceptors (Lipinski definition) is 5. The number of thioether (sulfide) groups is 1. The molecule has 1 aromatic heterocycles. The molecule has 0 atom stereocenters. The molecule has 140 valence electrons. The molecule has 0 aliphatic carbocycles. The predicted octanol–water partition coefficient (Wildman–Crippen LogP) is 3.73. The SMILES string of the molecule is Nn1c(Cc2cccc3ccccc23)nnc1SCc1ccc(C(=O)O)cc1. The molecule has 0 radical (unpaired) electrons. The Kier molecular flexibility index (Phi) is 4.99. The maximum absolute atomic E-state index is 10.9. The lowest BCUT2D eigenvalue weighted by Crippen LogP contribution is -2.14. The number of benzene rings is 3. The van der Waals surface area contributed by atoms with Gasteiger partial charge in [0.2, 0.25) is 5.16 Å². The van der Waals surface area contributed by atoms with Gasteiger partial charge in [-0.25, -0.2) is 9.47 Å². The number of hydrogen-bond donors (Lipinski definition) is 2. The second-order valence-corrected chi connectivity index (χ2v) is 7.32. The number of nitrogens with zero attached hydrogens (tertiary/aromatic N) is 3. The van der Waals surface area contributed by atoms with Gasteiger partial charge in [-0.15, -0.1) is 10.2 Å². The number of aromatic carboxylic acids is 1. The van der Waals surface area contributed by atoms with Crippen LogP contribution in [0.5, 0.6) is 0 Å². The van der Waals surface area contributed by atoms with Gasteiger partial charge in [0.15, 0.2) is 5.82 Å². The summed E-state index contributed by atoms with van der Waals surface area (Å²) in [4.78, 5) is 10.9. The summed E-state index contributed by atoms with van der Waals surface area (Å²) in [6, 6.07) is 21.2. The zero-order valence-electron chi connectivity index (χ0n) is 14.9. The molecule has 0 unspecified atom stereocenters. The van der Waals surface area contributed by atoms with Gasteiger partial charge >= 0.3 is 5.97 Å². The second-order valence-electron chi connectivity index (χ2n) is 6.37. The lowest BCUT2D eigenvalue weighted by Gasteiger charge is -2.07. The fourth-order valence-electron chi connectivity index (χ4n) is 3.03. The van der Waals surface area contributed by atoms with E-state index in [1.165, 1.54) is 27.2 Å². The highest BCUT2D eigenvalue weighted by atomic mass is 32.2. The van der Waals surface area contributed by atoms with Crippen molar-refractivity contribution in [1.29, 1.82) is 0 Å². The molecule has 0 aliphatic rings. The average Bonchev–Trinajstić information content (AvgIpc) is 3.06. The van der Waals surface area contributed by atoms with Crippen LogP contribution >= 0.6 is 11.8 Å². The highest BCUT2D eigenvalue weighted by molar-refractivity contribution is 7.98. The maximum Gasteiger partial charge on any atom is 0.335 e. The number of fused-ring (bicyclic) bond motifs is 1. The van der Waals surface area contributed by atoms with E-state index < -0.39 is 5.97 Å². The van der Waals surface area contributed by atoms with Gasteiger partial charge < -0.3 is 10.9 Å². The van der Waals surface area contributed by atoms with Crippen LogP contribution < -0.4 is 5.84 Å². The molecule has 0 bridgehead atoms. The van der Waals surface area contributed by atoms with Crippen LogP contribution in [-0.2, 0) is 12.2 Å². The zero-order chi connectivity index (χ0) is 19.5. The quantitative estimate of drug-likeness (QED) is 0.385. The minimum absolute atomic E-state index is 0.271. The van der Waals surface area contributed by atoms with E-state index in [1.54, 1.807) is 24.3 Å². The molecular weight excluding hydrogens is 372 g/mol. The monoisotopic (exact) mass is 390 g/mol. The molecule has 1 heterocycles. The average molecular weight is 390 g/mol. The van der Waals surface area contributed by atoms with Gasteiger partial charge in [0.1, 0.15) is 0 Å². The Morgan fingerprint density at radius 3 is 2.54 bits per heavy atom. The summed E-state index contributed by atoms with van der Waals surface area (Å²) >= 11 is 1.47. The molecular formula is C21H18N4O2S. The first-order chi connectivity index (χ1) is 13.6. The normalized spacial score (nSPS) is 11.0. The number of aromatic nitrogens is 3. The van der Waals surface area contributed by atoms with Crippen LogP contribution in [0.2, 0.25) is 0 Å². The Morgan fingerprint density at radius 2 is 1.75 bits per heavy atom. The van der Waals surface area contributed by atoms with Crippen molar-refractivity contribution in [3.63, 3.8) is 0 Å². The molecule has 0 amide bonds. The standard InChI is InChI=1S/C21H18N4O2S/c22-25-19(12-17-6-3-5-15-4-1-2-7-18(15)17)23-24-21(25)28-13-14-8-10-16(11-9-14)20(26)27/h1-11H,12-13,22H2,(H,26,27). The second kappa shape index (κ2) is 7.74. The van der Waals surface area contributed by atoms with Crippen molar-refractivity contribution in [2.45, 2.75) is 17.3 Å². The first-order valence-corrected chi connectivity index (χ1v) is 9.71. The lowest BCUT2D eigenvalue weighted by molar-refractivity contribution is 0.0697. The van der Waals surface area contributed by atoms with Crippen LogP contribution in [0.15, 0.2) is 71.9 Å². The third kappa shape index (κ3) is 3.70. The summed E-state index contributed by atoms with van der Waals surface area (Å²) in [5.74, 6) is 6.61. The molecule has 0 fully saturated rings. The van der Waals surface area contributed by atoms with Crippen LogP contribution in [0, 0.1) is 0 Å². The van der Waals surface area contributed by atoms with Crippen LogP contribution in [0.25, 0.3) is 10.8 Å². The number of carboxylic acid groups (broad SMARTS) is 1. The first kappa shape index (κ1) is 18.1. The van der Waals surface area contributed by atoms with Gasteiger partial charge in [0.05, 0.1) is 5.56 Å². The molecule has 0 saturated carbocycles. The topological polar surface area (TPSA) is 94.0 Å². The molecule has 7 heteroatoms. The van der Waals surface area contributed by atoms with Crippen molar-refractivity contribution < 1.29 is 9.90 Å². The van der Waals surface area contributed by atoms with Crippen LogP contribution in [-0.4, -0.2) is 25.9 Å². The Labute approximate surface area is 166 Å².